The van der Waals surface area contributed by atoms with Crippen molar-refractivity contribution in [2.75, 3.05) is 13.7 Å². The van der Waals surface area contributed by atoms with E-state index in [1.807, 2.05) is 48.5 Å². The van der Waals surface area contributed by atoms with Gasteiger partial charge in [0.25, 0.3) is 0 Å². The summed E-state index contributed by atoms with van der Waals surface area (Å²) in [6, 6.07) is 16.0. The average molecular weight is 330 g/mol. The highest BCUT2D eigenvalue weighted by molar-refractivity contribution is 5.27. The smallest absolute Gasteiger partial charge is 0.161 e. The second kappa shape index (κ2) is 7.69. The van der Waals surface area contributed by atoms with Crippen molar-refractivity contribution in [1.29, 1.82) is 0 Å². The first-order chi connectivity index (χ1) is 11.6. The fourth-order valence-electron chi connectivity index (χ4n) is 2.71. The summed E-state index contributed by atoms with van der Waals surface area (Å²) in [5, 5.41) is 0. The van der Waals surface area contributed by atoms with Crippen molar-refractivity contribution in [3.63, 3.8) is 0 Å². The van der Waals surface area contributed by atoms with Crippen LogP contribution >= 0.6 is 0 Å². The molecule has 0 bridgehead atoms. The van der Waals surface area contributed by atoms with Crippen molar-refractivity contribution in [3.8, 4) is 11.5 Å². The van der Waals surface area contributed by atoms with E-state index in [0.29, 0.717) is 13.0 Å². The molecule has 1 aliphatic rings. The van der Waals surface area contributed by atoms with Gasteiger partial charge in [-0.1, -0.05) is 35.4 Å². The van der Waals surface area contributed by atoms with Gasteiger partial charge in [-0.3, -0.25) is 0 Å². The molecular weight excluding hydrogens is 306 g/mol. The molecule has 4 heteroatoms. The second-order valence-electron chi connectivity index (χ2n) is 6.17. The van der Waals surface area contributed by atoms with Crippen LogP contribution in [0.1, 0.15) is 17.5 Å². The Bertz CT molecular complexity index is 636. The Morgan fingerprint density at radius 1 is 0.917 bits per heavy atom. The third kappa shape index (κ3) is 4.28. The van der Waals surface area contributed by atoms with Crippen LogP contribution in [0, 0.1) is 13.8 Å². The maximum Gasteiger partial charge on any atom is 0.161 e. The van der Waals surface area contributed by atoms with Crippen LogP contribution in [0.15, 0.2) is 48.5 Å². The zero-order valence-electron chi connectivity index (χ0n) is 14.4. The molecule has 0 amide bonds. The minimum Gasteiger partial charge on any atom is -0.491 e. The number of hydrogen-bond acceptors (Lipinski definition) is 4. The number of ether oxygens (including phenoxy) is 4. The summed E-state index contributed by atoms with van der Waals surface area (Å²) >= 11 is 0. The van der Waals surface area contributed by atoms with Crippen molar-refractivity contribution >= 4 is 0 Å². The van der Waals surface area contributed by atoms with Crippen LogP contribution in [-0.4, -0.2) is 32.2 Å². The minimum absolute atomic E-state index is 0.0943. The normalized spacial score (nSPS) is 23.2. The lowest BCUT2D eigenvalue weighted by Gasteiger charge is -2.20. The molecule has 0 radical (unpaired) electrons. The molecular formula is C20H24O4. The SMILES string of the molecule is COC1C[13C@H](Oc2ccc(C)cc2)[13C@@H](COc2ccc(C)cc2)O1. The van der Waals surface area contributed by atoms with Gasteiger partial charge in [0.2, 0.25) is 0 Å². The van der Waals surface area contributed by atoms with Crippen LogP contribution in [0.3, 0.4) is 0 Å². The highest BCUT2D eigenvalue weighted by Gasteiger charge is 2.37. The molecule has 2 aromatic carbocycles. The molecule has 24 heavy (non-hydrogen) atoms. The lowest BCUT2D eigenvalue weighted by atomic mass is 10.2. The number of aryl methyl sites for hydroxylation is 2. The fourth-order valence-corrected chi connectivity index (χ4v) is 2.71. The third-order valence-electron chi connectivity index (χ3n) is 4.17. The standard InChI is InChI=1S/C20H24O4/c1-14-4-8-16(9-5-14)22-13-19-18(12-20(21-3)24-19)23-17-10-6-15(2)7-11-17/h4-11,18-20H,12-13H2,1-3H3/t18-,19+,20?/m0/s1/i18+1,19+1. The molecule has 0 N–H and O–H groups in total. The van der Waals surface area contributed by atoms with Gasteiger partial charge >= 0.3 is 0 Å². The predicted molar refractivity (Wildman–Crippen MR) is 92.6 cm³/mol. The van der Waals surface area contributed by atoms with Crippen molar-refractivity contribution in [2.24, 2.45) is 0 Å². The van der Waals surface area contributed by atoms with Gasteiger partial charge in [-0.2, -0.15) is 0 Å². The van der Waals surface area contributed by atoms with Gasteiger partial charge in [-0.25, -0.2) is 0 Å². The van der Waals surface area contributed by atoms with Gasteiger partial charge < -0.3 is 18.9 Å². The van der Waals surface area contributed by atoms with Crippen molar-refractivity contribution in [1.82, 2.24) is 0 Å². The zero-order valence-corrected chi connectivity index (χ0v) is 14.4. The maximum atomic E-state index is 6.10. The largest absolute Gasteiger partial charge is 0.491 e. The van der Waals surface area contributed by atoms with Gasteiger partial charge in [-0.15, -0.1) is 0 Å². The molecule has 1 aliphatic heterocycles. The molecule has 1 heterocycles. The Balaban J connectivity index is 1.62. The topological polar surface area (TPSA) is 36.9 Å². The van der Waals surface area contributed by atoms with E-state index in [0.717, 1.165) is 11.5 Å². The fraction of sp³-hybridized carbons (Fsp3) is 0.400. The van der Waals surface area contributed by atoms with Crippen LogP contribution < -0.4 is 9.47 Å². The second-order valence-corrected chi connectivity index (χ2v) is 6.17. The monoisotopic (exact) mass is 330 g/mol. The van der Waals surface area contributed by atoms with Gasteiger partial charge in [0, 0.05) is 13.5 Å². The van der Waals surface area contributed by atoms with E-state index in [-0.39, 0.29) is 18.5 Å². The maximum absolute atomic E-state index is 6.10. The van der Waals surface area contributed by atoms with E-state index in [1.165, 1.54) is 11.1 Å². The lowest BCUT2D eigenvalue weighted by molar-refractivity contribution is -0.124. The number of benzene rings is 2. The summed E-state index contributed by atoms with van der Waals surface area (Å²) in [4.78, 5) is 0. The van der Waals surface area contributed by atoms with Gasteiger partial charge in [0.05, 0.1) is 0 Å². The number of rotatable bonds is 6. The predicted octanol–water partition coefficient (Wildman–Crippen LogP) is 3.89. The molecule has 2 aromatic rings. The Morgan fingerprint density at radius 3 is 2.08 bits per heavy atom. The van der Waals surface area contributed by atoms with E-state index >= 15 is 0 Å². The first kappa shape index (κ1) is 16.8. The molecule has 0 aliphatic carbocycles. The minimum atomic E-state index is -0.257. The van der Waals surface area contributed by atoms with Gasteiger partial charge in [0.1, 0.15) is 30.3 Å². The molecule has 0 aromatic heterocycles. The Labute approximate surface area is 143 Å². The van der Waals surface area contributed by atoms with E-state index in [9.17, 15) is 0 Å². The average Bonchev–Trinajstić information content (AvgIpc) is 2.98. The van der Waals surface area contributed by atoms with E-state index in [4.69, 9.17) is 18.9 Å². The summed E-state index contributed by atoms with van der Waals surface area (Å²) < 4.78 is 23.2. The van der Waals surface area contributed by atoms with Gasteiger partial charge in [0.15, 0.2) is 6.29 Å². The molecule has 1 fully saturated rings. The Hall–Kier alpha value is -2.04. The van der Waals surface area contributed by atoms with E-state index in [2.05, 4.69) is 13.8 Å². The summed E-state index contributed by atoms with van der Waals surface area (Å²) in [6.07, 6.45) is 0.166. The van der Waals surface area contributed by atoms with Crippen molar-refractivity contribution in [3.05, 3.63) is 59.7 Å². The highest BCUT2D eigenvalue weighted by atomic mass is 16.8. The third-order valence-corrected chi connectivity index (χ3v) is 4.17. The van der Waals surface area contributed by atoms with Crippen molar-refractivity contribution in [2.45, 2.75) is 38.8 Å². The van der Waals surface area contributed by atoms with E-state index < -0.39 is 0 Å². The molecule has 3 atom stereocenters. The molecule has 3 rings (SSSR count). The van der Waals surface area contributed by atoms with Crippen molar-refractivity contribution < 1.29 is 18.9 Å². The first-order valence-corrected chi connectivity index (χ1v) is 8.25. The van der Waals surface area contributed by atoms with Crippen LogP contribution in [0.4, 0.5) is 0 Å². The van der Waals surface area contributed by atoms with Crippen LogP contribution in [-0.2, 0) is 9.47 Å². The molecule has 0 saturated carbocycles. The van der Waals surface area contributed by atoms with Crippen LogP contribution in [0.2, 0.25) is 0 Å². The summed E-state index contributed by atoms with van der Waals surface area (Å²) in [5.41, 5.74) is 2.42. The summed E-state index contributed by atoms with van der Waals surface area (Å²) in [5.74, 6) is 1.67. The highest BCUT2D eigenvalue weighted by Crippen LogP contribution is 2.27. The van der Waals surface area contributed by atoms with Crippen LogP contribution in [0.25, 0.3) is 0 Å². The van der Waals surface area contributed by atoms with Crippen LogP contribution in [0.5, 0.6) is 11.5 Å². The molecule has 1 saturated heterocycles. The van der Waals surface area contributed by atoms with Gasteiger partial charge in [-0.05, 0) is 38.1 Å². The quantitative estimate of drug-likeness (QED) is 0.753. The summed E-state index contributed by atoms with van der Waals surface area (Å²) in [7, 11) is 1.65. The summed E-state index contributed by atoms with van der Waals surface area (Å²) in [6.45, 7) is 4.54. The molecule has 0 spiro atoms. The molecule has 1 unspecified atom stereocenters. The lowest BCUT2D eigenvalue weighted by Crippen LogP contribution is -2.32. The Kier molecular flexibility index (Phi) is 5.38. The van der Waals surface area contributed by atoms with E-state index in [1.54, 1.807) is 7.11 Å². The Morgan fingerprint density at radius 2 is 1.50 bits per heavy atom. The zero-order chi connectivity index (χ0) is 16.9. The number of hydrogen-bond donors (Lipinski definition) is 0. The molecule has 128 valence electrons. The number of methoxy groups -OCH3 is 1. The molecule has 4 nitrogen and oxygen atoms in total. The first-order valence-electron chi connectivity index (χ1n) is 8.25.